The topological polar surface area (TPSA) is 94.6 Å². The summed E-state index contributed by atoms with van der Waals surface area (Å²) in [6.45, 7) is 3.78. The molecule has 0 bridgehead atoms. The number of halogens is 1. The average Bonchev–Trinajstić information content (AvgIpc) is 3.21. The maximum Gasteiger partial charge on any atom is 0.329 e. The van der Waals surface area contributed by atoms with Crippen LogP contribution in [0.2, 0.25) is 5.02 Å². The number of benzene rings is 2. The molecule has 1 fully saturated rings. The Labute approximate surface area is 206 Å². The number of rotatable bonds is 5. The second kappa shape index (κ2) is 8.61. The number of imide groups is 1. The summed E-state index contributed by atoms with van der Waals surface area (Å²) in [5.74, 6) is -0.304. The molecule has 34 heavy (non-hydrogen) atoms. The number of aromatic nitrogens is 1. The van der Waals surface area contributed by atoms with E-state index >= 15 is 0 Å². The van der Waals surface area contributed by atoms with Gasteiger partial charge in [0.2, 0.25) is 0 Å². The number of thioether (sulfide) groups is 1. The lowest BCUT2D eigenvalue weighted by Gasteiger charge is -2.33. The number of pyridine rings is 1. The van der Waals surface area contributed by atoms with Crippen molar-refractivity contribution < 1.29 is 14.7 Å². The largest absolute Gasteiger partial charge is 0.389 e. The van der Waals surface area contributed by atoms with E-state index in [-0.39, 0.29) is 5.91 Å². The van der Waals surface area contributed by atoms with Crippen molar-refractivity contribution in [2.24, 2.45) is 0 Å². The molecule has 0 aliphatic carbocycles. The normalized spacial score (nSPS) is 20.2. The van der Waals surface area contributed by atoms with Gasteiger partial charge in [-0.2, -0.15) is 0 Å². The first-order valence-electron chi connectivity index (χ1n) is 10.8. The smallest absolute Gasteiger partial charge is 0.329 e. The number of aliphatic hydroxyl groups is 1. The number of anilines is 2. The fourth-order valence-corrected chi connectivity index (χ4v) is 5.65. The summed E-state index contributed by atoms with van der Waals surface area (Å²) in [7, 11) is 0. The van der Waals surface area contributed by atoms with Gasteiger partial charge < -0.3 is 15.7 Å². The van der Waals surface area contributed by atoms with Crippen molar-refractivity contribution in [3.8, 4) is 0 Å². The van der Waals surface area contributed by atoms with Crippen LogP contribution in [-0.2, 0) is 4.79 Å². The van der Waals surface area contributed by atoms with Gasteiger partial charge in [-0.15, -0.1) is 11.8 Å². The first-order valence-corrected chi connectivity index (χ1v) is 12.1. The van der Waals surface area contributed by atoms with Gasteiger partial charge in [0.05, 0.1) is 23.5 Å². The van der Waals surface area contributed by atoms with Gasteiger partial charge in [-0.1, -0.05) is 35.9 Å². The second-order valence-electron chi connectivity index (χ2n) is 8.96. The van der Waals surface area contributed by atoms with E-state index in [9.17, 15) is 14.7 Å². The molecule has 174 valence electrons. The Balaban J connectivity index is 1.47. The molecule has 3 amide bonds. The van der Waals surface area contributed by atoms with Crippen LogP contribution in [0.1, 0.15) is 19.4 Å². The standard InChI is InChI=1S/C25H23ClN4O3S/c1-25(2,33)13-28-15-8-7-14-11-27-12-20(17(14)9-15)30-23(31)22-19(29-24(30)32)10-21(34-22)16-5-3-4-6-18(16)26/h3-12,19,22,28,33H,13H2,1-2H3,(H,29,32). The highest BCUT2D eigenvalue weighted by atomic mass is 35.5. The van der Waals surface area contributed by atoms with E-state index in [1.165, 1.54) is 22.9 Å². The summed E-state index contributed by atoms with van der Waals surface area (Å²) < 4.78 is 0. The SMILES string of the molecule is CC(C)(O)CNc1ccc2cncc(N3C(=O)NC4C=C(c5ccccc5Cl)SC4C3=O)c2c1. The van der Waals surface area contributed by atoms with Crippen LogP contribution in [0.5, 0.6) is 0 Å². The van der Waals surface area contributed by atoms with Crippen molar-refractivity contribution in [2.45, 2.75) is 30.7 Å². The maximum absolute atomic E-state index is 13.6. The fraction of sp³-hybridized carbons (Fsp3) is 0.240. The van der Waals surface area contributed by atoms with Gasteiger partial charge in [-0.3, -0.25) is 9.78 Å². The van der Waals surface area contributed by atoms with E-state index in [1.807, 2.05) is 42.5 Å². The minimum atomic E-state index is -0.889. The van der Waals surface area contributed by atoms with Crippen LogP contribution in [0.4, 0.5) is 16.2 Å². The Morgan fingerprint density at radius 2 is 2.00 bits per heavy atom. The van der Waals surface area contributed by atoms with Crippen molar-refractivity contribution in [3.63, 3.8) is 0 Å². The summed E-state index contributed by atoms with van der Waals surface area (Å²) in [6, 6.07) is 12.1. The fourth-order valence-electron chi connectivity index (χ4n) is 4.05. The number of carbonyl (C=O) groups excluding carboxylic acids is 2. The van der Waals surface area contributed by atoms with Gasteiger partial charge in [0.25, 0.3) is 5.91 Å². The first-order chi connectivity index (χ1) is 16.2. The summed E-state index contributed by atoms with van der Waals surface area (Å²) in [6.07, 6.45) is 5.11. The third-order valence-corrected chi connectivity index (χ3v) is 7.40. The summed E-state index contributed by atoms with van der Waals surface area (Å²) >= 11 is 7.76. The minimum Gasteiger partial charge on any atom is -0.389 e. The highest BCUT2D eigenvalue weighted by molar-refractivity contribution is 8.09. The molecule has 3 aromatic rings. The lowest BCUT2D eigenvalue weighted by Crippen LogP contribution is -2.60. The molecular formula is C25H23ClN4O3S. The van der Waals surface area contributed by atoms with Crippen molar-refractivity contribution in [3.05, 3.63) is 71.5 Å². The Hall–Kier alpha value is -3.07. The lowest BCUT2D eigenvalue weighted by atomic mass is 10.1. The van der Waals surface area contributed by atoms with E-state index in [0.717, 1.165) is 21.5 Å². The summed E-state index contributed by atoms with van der Waals surface area (Å²) in [4.78, 5) is 33.0. The molecular weight excluding hydrogens is 472 g/mol. The molecule has 2 aliphatic rings. The number of hydrogen-bond acceptors (Lipinski definition) is 6. The van der Waals surface area contributed by atoms with Gasteiger partial charge in [-0.05, 0) is 38.1 Å². The van der Waals surface area contributed by atoms with Gasteiger partial charge in [0.1, 0.15) is 5.25 Å². The molecule has 0 radical (unpaired) electrons. The number of carbonyl (C=O) groups is 2. The van der Waals surface area contributed by atoms with Gasteiger partial charge in [0, 0.05) is 44.7 Å². The zero-order valence-corrected chi connectivity index (χ0v) is 20.2. The van der Waals surface area contributed by atoms with Crippen molar-refractivity contribution >= 4 is 62.4 Å². The molecule has 0 spiro atoms. The van der Waals surface area contributed by atoms with E-state index in [2.05, 4.69) is 15.6 Å². The molecule has 3 N–H and O–H groups in total. The quantitative estimate of drug-likeness (QED) is 0.478. The third-order valence-electron chi connectivity index (χ3n) is 5.71. The van der Waals surface area contributed by atoms with E-state index in [1.54, 1.807) is 26.1 Å². The number of hydrogen-bond donors (Lipinski definition) is 3. The predicted octanol–water partition coefficient (Wildman–Crippen LogP) is 4.65. The molecule has 2 atom stereocenters. The third kappa shape index (κ3) is 4.24. The van der Waals surface area contributed by atoms with Crippen molar-refractivity contribution in [1.29, 1.82) is 0 Å². The molecule has 0 saturated carbocycles. The summed E-state index contributed by atoms with van der Waals surface area (Å²) in [5.41, 5.74) is 1.13. The Morgan fingerprint density at radius 3 is 2.76 bits per heavy atom. The molecule has 1 aromatic heterocycles. The van der Waals surface area contributed by atoms with Crippen LogP contribution in [0, 0.1) is 0 Å². The van der Waals surface area contributed by atoms with Gasteiger partial charge >= 0.3 is 6.03 Å². The highest BCUT2D eigenvalue weighted by Crippen LogP contribution is 2.44. The Morgan fingerprint density at radius 1 is 1.21 bits per heavy atom. The zero-order chi connectivity index (χ0) is 24.0. The second-order valence-corrected chi connectivity index (χ2v) is 10.5. The molecule has 9 heteroatoms. The first kappa shape index (κ1) is 22.7. The minimum absolute atomic E-state index is 0.304. The molecule has 1 saturated heterocycles. The van der Waals surface area contributed by atoms with Crippen LogP contribution in [-0.4, -0.2) is 45.5 Å². The number of urea groups is 1. The molecule has 5 rings (SSSR count). The maximum atomic E-state index is 13.6. The Kier molecular flexibility index (Phi) is 5.75. The predicted molar refractivity (Wildman–Crippen MR) is 137 cm³/mol. The number of amides is 3. The zero-order valence-electron chi connectivity index (χ0n) is 18.6. The molecule has 2 aromatic carbocycles. The van der Waals surface area contributed by atoms with Crippen LogP contribution >= 0.6 is 23.4 Å². The molecule has 2 unspecified atom stereocenters. The van der Waals surface area contributed by atoms with Crippen LogP contribution < -0.4 is 15.5 Å². The van der Waals surface area contributed by atoms with Crippen LogP contribution in [0.3, 0.4) is 0 Å². The van der Waals surface area contributed by atoms with Crippen LogP contribution in [0.15, 0.2) is 60.9 Å². The molecule has 7 nitrogen and oxygen atoms in total. The number of fused-ring (bicyclic) bond motifs is 2. The van der Waals surface area contributed by atoms with Gasteiger partial charge in [-0.25, -0.2) is 9.69 Å². The molecule has 3 heterocycles. The van der Waals surface area contributed by atoms with E-state index < -0.39 is 22.9 Å². The number of nitrogens with one attached hydrogen (secondary N) is 2. The Bertz CT molecular complexity index is 1340. The van der Waals surface area contributed by atoms with Crippen LogP contribution in [0.25, 0.3) is 15.7 Å². The monoisotopic (exact) mass is 494 g/mol. The summed E-state index contributed by atoms with van der Waals surface area (Å²) in [5, 5.41) is 17.8. The lowest BCUT2D eigenvalue weighted by molar-refractivity contribution is -0.118. The average molecular weight is 495 g/mol. The van der Waals surface area contributed by atoms with Crippen molar-refractivity contribution in [2.75, 3.05) is 16.8 Å². The van der Waals surface area contributed by atoms with E-state index in [0.29, 0.717) is 22.6 Å². The van der Waals surface area contributed by atoms with Gasteiger partial charge in [0.15, 0.2) is 0 Å². The molecule has 2 aliphatic heterocycles. The van der Waals surface area contributed by atoms with E-state index in [4.69, 9.17) is 11.6 Å². The van der Waals surface area contributed by atoms with Crippen molar-refractivity contribution in [1.82, 2.24) is 10.3 Å². The highest BCUT2D eigenvalue weighted by Gasteiger charge is 2.45. The number of nitrogens with zero attached hydrogens (tertiary/aromatic N) is 2.